The van der Waals surface area contributed by atoms with Crippen LogP contribution in [0.2, 0.25) is 0 Å². The van der Waals surface area contributed by atoms with Gasteiger partial charge in [0.25, 0.3) is 0 Å². The fourth-order valence-corrected chi connectivity index (χ4v) is 3.02. The van der Waals surface area contributed by atoms with Gasteiger partial charge in [-0.05, 0) is 25.7 Å². The van der Waals surface area contributed by atoms with Crippen molar-refractivity contribution in [1.82, 2.24) is 15.5 Å². The van der Waals surface area contributed by atoms with Crippen molar-refractivity contribution in [2.75, 3.05) is 32.7 Å². The van der Waals surface area contributed by atoms with E-state index in [1.54, 1.807) is 0 Å². The van der Waals surface area contributed by atoms with E-state index in [0.29, 0.717) is 0 Å². The van der Waals surface area contributed by atoms with Crippen molar-refractivity contribution in [1.29, 1.82) is 0 Å². The quantitative estimate of drug-likeness (QED) is 0.785. The molecule has 0 aromatic heterocycles. The molecule has 4 nitrogen and oxygen atoms in total. The highest BCUT2D eigenvalue weighted by Crippen LogP contribution is 2.22. The molecule has 1 saturated carbocycles. The first kappa shape index (κ1) is 13.8. The second-order valence-electron chi connectivity index (χ2n) is 5.71. The molecule has 0 spiro atoms. The zero-order valence-electron chi connectivity index (χ0n) is 11.6. The van der Waals surface area contributed by atoms with E-state index in [2.05, 4.69) is 15.5 Å². The number of carbonyl (C=O) groups excluding carboxylic acids is 1. The molecule has 18 heavy (non-hydrogen) atoms. The number of rotatable bonds is 4. The first-order valence-electron chi connectivity index (χ1n) is 7.50. The van der Waals surface area contributed by atoms with Crippen LogP contribution in [0.25, 0.3) is 0 Å². The van der Waals surface area contributed by atoms with E-state index in [-0.39, 0.29) is 11.9 Å². The minimum atomic E-state index is 0.0238. The maximum Gasteiger partial charge on any atom is 0.237 e. The van der Waals surface area contributed by atoms with Gasteiger partial charge < -0.3 is 10.6 Å². The van der Waals surface area contributed by atoms with Crippen molar-refractivity contribution < 1.29 is 4.79 Å². The molecule has 1 aliphatic heterocycles. The Morgan fingerprint density at radius 3 is 2.61 bits per heavy atom. The maximum absolute atomic E-state index is 12.1. The average Bonchev–Trinajstić information content (AvgIpc) is 2.46. The van der Waals surface area contributed by atoms with Crippen LogP contribution < -0.4 is 10.6 Å². The Morgan fingerprint density at radius 1 is 1.28 bits per heavy atom. The van der Waals surface area contributed by atoms with Crippen molar-refractivity contribution in [3.63, 3.8) is 0 Å². The third kappa shape index (κ3) is 3.95. The lowest BCUT2D eigenvalue weighted by Crippen LogP contribution is -2.53. The second kappa shape index (κ2) is 7.10. The molecule has 4 heteroatoms. The lowest BCUT2D eigenvalue weighted by atomic mass is 9.89. The van der Waals surface area contributed by atoms with Crippen LogP contribution in [-0.2, 0) is 4.79 Å². The van der Waals surface area contributed by atoms with Gasteiger partial charge in [0, 0.05) is 32.7 Å². The van der Waals surface area contributed by atoms with Crippen LogP contribution in [0.4, 0.5) is 0 Å². The number of carbonyl (C=O) groups is 1. The van der Waals surface area contributed by atoms with Crippen molar-refractivity contribution in [2.45, 2.75) is 45.1 Å². The summed E-state index contributed by atoms with van der Waals surface area (Å²) in [5, 5.41) is 6.47. The van der Waals surface area contributed by atoms with Gasteiger partial charge in [0.1, 0.15) is 0 Å². The fourth-order valence-electron chi connectivity index (χ4n) is 3.02. The van der Waals surface area contributed by atoms with Crippen LogP contribution in [0.1, 0.15) is 39.0 Å². The Bertz CT molecular complexity index is 258. The van der Waals surface area contributed by atoms with Gasteiger partial charge in [-0.1, -0.05) is 19.3 Å². The summed E-state index contributed by atoms with van der Waals surface area (Å²) in [5.74, 6) is 0.931. The first-order chi connectivity index (χ1) is 8.77. The predicted molar refractivity (Wildman–Crippen MR) is 73.5 cm³/mol. The van der Waals surface area contributed by atoms with Gasteiger partial charge in [-0.2, -0.15) is 0 Å². The predicted octanol–water partition coefficient (Wildman–Crippen LogP) is 0.977. The van der Waals surface area contributed by atoms with Crippen molar-refractivity contribution in [3.05, 3.63) is 0 Å². The van der Waals surface area contributed by atoms with Gasteiger partial charge in [0.05, 0.1) is 6.04 Å². The number of nitrogens with zero attached hydrogens (tertiary/aromatic N) is 1. The minimum absolute atomic E-state index is 0.0238. The van der Waals surface area contributed by atoms with E-state index in [0.717, 1.165) is 38.6 Å². The SMILES string of the molecule is CC(C(=O)NCC1CCCCC1)N1CCNCC1. The molecular formula is C14H27N3O. The molecule has 1 unspecified atom stereocenters. The number of hydrogen-bond acceptors (Lipinski definition) is 3. The van der Waals surface area contributed by atoms with E-state index >= 15 is 0 Å². The monoisotopic (exact) mass is 253 g/mol. The summed E-state index contributed by atoms with van der Waals surface area (Å²) in [7, 11) is 0. The number of nitrogens with one attached hydrogen (secondary N) is 2. The van der Waals surface area contributed by atoms with E-state index in [9.17, 15) is 4.79 Å². The minimum Gasteiger partial charge on any atom is -0.354 e. The number of amides is 1. The first-order valence-corrected chi connectivity index (χ1v) is 7.50. The molecule has 0 bridgehead atoms. The van der Waals surface area contributed by atoms with Crippen LogP contribution in [0, 0.1) is 5.92 Å². The van der Waals surface area contributed by atoms with Crippen molar-refractivity contribution in [2.24, 2.45) is 5.92 Å². The Hall–Kier alpha value is -0.610. The van der Waals surface area contributed by atoms with Gasteiger partial charge >= 0.3 is 0 Å². The maximum atomic E-state index is 12.1. The van der Waals surface area contributed by atoms with Crippen molar-refractivity contribution >= 4 is 5.91 Å². The van der Waals surface area contributed by atoms with Crippen LogP contribution in [0.3, 0.4) is 0 Å². The Balaban J connectivity index is 1.69. The standard InChI is InChI=1S/C14H27N3O/c1-12(17-9-7-15-8-10-17)14(18)16-11-13-5-3-2-4-6-13/h12-13,15H,2-11H2,1H3,(H,16,18). The molecule has 2 aliphatic rings. The zero-order chi connectivity index (χ0) is 12.8. The van der Waals surface area contributed by atoms with E-state index in [1.807, 2.05) is 6.92 Å². The summed E-state index contributed by atoms with van der Waals surface area (Å²) < 4.78 is 0. The molecule has 1 atom stereocenters. The smallest absolute Gasteiger partial charge is 0.237 e. The highest BCUT2D eigenvalue weighted by molar-refractivity contribution is 5.81. The molecule has 0 aromatic carbocycles. The fraction of sp³-hybridized carbons (Fsp3) is 0.929. The molecule has 2 N–H and O–H groups in total. The third-order valence-corrected chi connectivity index (χ3v) is 4.37. The molecule has 2 fully saturated rings. The largest absolute Gasteiger partial charge is 0.354 e. The highest BCUT2D eigenvalue weighted by Gasteiger charge is 2.23. The molecule has 2 rings (SSSR count). The molecule has 1 amide bonds. The molecule has 1 aliphatic carbocycles. The van der Waals surface area contributed by atoms with Crippen LogP contribution in [0.15, 0.2) is 0 Å². The van der Waals surface area contributed by atoms with Crippen molar-refractivity contribution in [3.8, 4) is 0 Å². The average molecular weight is 253 g/mol. The summed E-state index contributed by atoms with van der Waals surface area (Å²) in [6.07, 6.45) is 6.65. The normalized spacial score (nSPS) is 24.7. The lowest BCUT2D eigenvalue weighted by Gasteiger charge is -2.32. The summed E-state index contributed by atoms with van der Waals surface area (Å²) >= 11 is 0. The zero-order valence-corrected chi connectivity index (χ0v) is 11.6. The van der Waals surface area contributed by atoms with Gasteiger partial charge in [-0.15, -0.1) is 0 Å². The summed E-state index contributed by atoms with van der Waals surface area (Å²) in [5.41, 5.74) is 0. The molecular weight excluding hydrogens is 226 g/mol. The topological polar surface area (TPSA) is 44.4 Å². The molecule has 1 saturated heterocycles. The van der Waals surface area contributed by atoms with E-state index in [1.165, 1.54) is 32.1 Å². The Labute approximate surface area is 110 Å². The van der Waals surface area contributed by atoms with E-state index < -0.39 is 0 Å². The third-order valence-electron chi connectivity index (χ3n) is 4.37. The summed E-state index contributed by atoms with van der Waals surface area (Å²) in [6, 6.07) is 0.0238. The summed E-state index contributed by atoms with van der Waals surface area (Å²) in [4.78, 5) is 14.4. The molecule has 104 valence electrons. The van der Waals surface area contributed by atoms with Crippen LogP contribution in [0.5, 0.6) is 0 Å². The molecule has 0 aromatic rings. The summed E-state index contributed by atoms with van der Waals surface area (Å²) in [6.45, 7) is 6.88. The highest BCUT2D eigenvalue weighted by atomic mass is 16.2. The van der Waals surface area contributed by atoms with Gasteiger partial charge in [-0.3, -0.25) is 9.69 Å². The van der Waals surface area contributed by atoms with Gasteiger partial charge in [-0.25, -0.2) is 0 Å². The number of piperazine rings is 1. The Kier molecular flexibility index (Phi) is 5.45. The van der Waals surface area contributed by atoms with Gasteiger partial charge in [0.2, 0.25) is 5.91 Å². The van der Waals surface area contributed by atoms with Crippen LogP contribution >= 0.6 is 0 Å². The Morgan fingerprint density at radius 2 is 1.94 bits per heavy atom. The second-order valence-corrected chi connectivity index (χ2v) is 5.71. The van der Waals surface area contributed by atoms with Crippen LogP contribution in [-0.4, -0.2) is 49.6 Å². The van der Waals surface area contributed by atoms with E-state index in [4.69, 9.17) is 0 Å². The molecule has 0 radical (unpaired) electrons. The van der Waals surface area contributed by atoms with Gasteiger partial charge in [0.15, 0.2) is 0 Å². The lowest BCUT2D eigenvalue weighted by molar-refractivity contribution is -0.126. The number of hydrogen-bond donors (Lipinski definition) is 2. The molecule has 1 heterocycles.